The van der Waals surface area contributed by atoms with Gasteiger partial charge in [0.1, 0.15) is 18.0 Å². The lowest BCUT2D eigenvalue weighted by Crippen LogP contribution is -2.49. The van der Waals surface area contributed by atoms with Gasteiger partial charge in [-0.1, -0.05) is 0 Å². The fourth-order valence-electron chi connectivity index (χ4n) is 3.28. The molecule has 0 bridgehead atoms. The van der Waals surface area contributed by atoms with Crippen LogP contribution < -0.4 is 9.80 Å². The SMILES string of the molecule is COCC1CCCN(c2cc(N3CCN(C)C(=O)C3)ncn2)C1. The molecule has 1 unspecified atom stereocenters. The van der Waals surface area contributed by atoms with Crippen LogP contribution in [-0.2, 0) is 9.53 Å². The summed E-state index contributed by atoms with van der Waals surface area (Å²) in [5, 5.41) is 0. The molecule has 0 aromatic carbocycles. The van der Waals surface area contributed by atoms with E-state index in [1.165, 1.54) is 6.42 Å². The highest BCUT2D eigenvalue weighted by Crippen LogP contribution is 2.24. The number of carbonyl (C=O) groups excluding carboxylic acids is 1. The van der Waals surface area contributed by atoms with Crippen molar-refractivity contribution in [1.82, 2.24) is 14.9 Å². The minimum Gasteiger partial charge on any atom is -0.384 e. The summed E-state index contributed by atoms with van der Waals surface area (Å²) in [6, 6.07) is 2.01. The van der Waals surface area contributed by atoms with Gasteiger partial charge in [0.25, 0.3) is 0 Å². The van der Waals surface area contributed by atoms with Crippen LogP contribution in [0.2, 0.25) is 0 Å². The summed E-state index contributed by atoms with van der Waals surface area (Å²) < 4.78 is 5.30. The summed E-state index contributed by atoms with van der Waals surface area (Å²) >= 11 is 0. The van der Waals surface area contributed by atoms with E-state index in [9.17, 15) is 4.79 Å². The number of aromatic nitrogens is 2. The number of amides is 1. The van der Waals surface area contributed by atoms with Gasteiger partial charge in [0, 0.05) is 46.4 Å². The molecule has 1 aromatic heterocycles. The number of ether oxygens (including phenoxy) is 1. The van der Waals surface area contributed by atoms with Crippen molar-refractivity contribution in [1.29, 1.82) is 0 Å². The number of piperazine rings is 1. The Hall–Kier alpha value is -1.89. The average molecular weight is 319 g/mol. The second-order valence-electron chi connectivity index (χ2n) is 6.38. The Morgan fingerprint density at radius 2 is 2.00 bits per heavy atom. The first-order valence-corrected chi connectivity index (χ1v) is 8.22. The number of methoxy groups -OCH3 is 1. The van der Waals surface area contributed by atoms with E-state index in [0.29, 0.717) is 12.5 Å². The van der Waals surface area contributed by atoms with Crippen molar-refractivity contribution < 1.29 is 9.53 Å². The van der Waals surface area contributed by atoms with Gasteiger partial charge >= 0.3 is 0 Å². The highest BCUT2D eigenvalue weighted by molar-refractivity contribution is 5.82. The number of anilines is 2. The average Bonchev–Trinajstić information content (AvgIpc) is 2.58. The van der Waals surface area contributed by atoms with Gasteiger partial charge in [-0.3, -0.25) is 4.79 Å². The Morgan fingerprint density at radius 1 is 1.22 bits per heavy atom. The molecular weight excluding hydrogens is 294 g/mol. The molecule has 7 nitrogen and oxygen atoms in total. The standard InChI is InChI=1S/C16H25N5O2/c1-19-6-7-21(10-16(19)22)15-8-14(17-12-18-15)20-5-3-4-13(9-20)11-23-2/h8,12-13H,3-7,9-11H2,1-2H3. The largest absolute Gasteiger partial charge is 0.384 e. The van der Waals surface area contributed by atoms with Gasteiger partial charge in [-0.2, -0.15) is 0 Å². The van der Waals surface area contributed by atoms with Gasteiger partial charge in [-0.05, 0) is 18.8 Å². The predicted molar refractivity (Wildman–Crippen MR) is 88.7 cm³/mol. The van der Waals surface area contributed by atoms with Crippen LogP contribution in [0.25, 0.3) is 0 Å². The summed E-state index contributed by atoms with van der Waals surface area (Å²) in [7, 11) is 3.60. The number of rotatable bonds is 4. The third-order valence-electron chi connectivity index (χ3n) is 4.66. The van der Waals surface area contributed by atoms with Gasteiger partial charge in [0.05, 0.1) is 13.2 Å². The lowest BCUT2D eigenvalue weighted by molar-refractivity contribution is -0.129. The number of hydrogen-bond acceptors (Lipinski definition) is 6. The molecular formula is C16H25N5O2. The Balaban J connectivity index is 1.71. The Kier molecular flexibility index (Phi) is 4.95. The zero-order chi connectivity index (χ0) is 16.2. The van der Waals surface area contributed by atoms with E-state index in [-0.39, 0.29) is 5.91 Å². The number of hydrogen-bond donors (Lipinski definition) is 0. The molecule has 23 heavy (non-hydrogen) atoms. The lowest BCUT2D eigenvalue weighted by atomic mass is 9.99. The number of carbonyl (C=O) groups is 1. The van der Waals surface area contributed by atoms with Crippen LogP contribution in [-0.4, -0.2) is 74.3 Å². The van der Waals surface area contributed by atoms with Crippen molar-refractivity contribution in [3.05, 3.63) is 12.4 Å². The summed E-state index contributed by atoms with van der Waals surface area (Å²) in [4.78, 5) is 26.8. The van der Waals surface area contributed by atoms with E-state index in [2.05, 4.69) is 14.9 Å². The van der Waals surface area contributed by atoms with Gasteiger partial charge in [0.15, 0.2) is 0 Å². The predicted octanol–water partition coefficient (Wildman–Crippen LogP) is 0.618. The van der Waals surface area contributed by atoms with Crippen LogP contribution in [0.15, 0.2) is 12.4 Å². The van der Waals surface area contributed by atoms with Crippen LogP contribution in [0.3, 0.4) is 0 Å². The highest BCUT2D eigenvalue weighted by Gasteiger charge is 2.24. The first kappa shape index (κ1) is 16.0. The zero-order valence-corrected chi connectivity index (χ0v) is 13.9. The quantitative estimate of drug-likeness (QED) is 0.811. The number of likely N-dealkylation sites (N-methyl/N-ethyl adjacent to an activating group) is 1. The topological polar surface area (TPSA) is 61.8 Å². The molecule has 1 atom stereocenters. The maximum atomic E-state index is 11.9. The zero-order valence-electron chi connectivity index (χ0n) is 13.9. The normalized spacial score (nSPS) is 22.6. The van der Waals surface area contributed by atoms with Crippen LogP contribution in [0.4, 0.5) is 11.6 Å². The van der Waals surface area contributed by atoms with E-state index in [1.807, 2.05) is 18.0 Å². The summed E-state index contributed by atoms with van der Waals surface area (Å²) in [5.74, 6) is 2.47. The molecule has 126 valence electrons. The third-order valence-corrected chi connectivity index (χ3v) is 4.66. The fraction of sp³-hybridized carbons (Fsp3) is 0.688. The van der Waals surface area contributed by atoms with Crippen LogP contribution >= 0.6 is 0 Å². The Labute approximate surface area is 137 Å². The minimum absolute atomic E-state index is 0.134. The first-order chi connectivity index (χ1) is 11.2. The molecule has 1 amide bonds. The van der Waals surface area contributed by atoms with Crippen molar-refractivity contribution in [2.75, 3.05) is 63.3 Å². The molecule has 0 N–H and O–H groups in total. The van der Waals surface area contributed by atoms with Crippen LogP contribution in [0, 0.1) is 5.92 Å². The van der Waals surface area contributed by atoms with Crippen LogP contribution in [0.1, 0.15) is 12.8 Å². The fourth-order valence-corrected chi connectivity index (χ4v) is 3.28. The summed E-state index contributed by atoms with van der Waals surface area (Å²) in [6.45, 7) is 4.70. The Bertz CT molecular complexity index is 551. The van der Waals surface area contributed by atoms with Crippen molar-refractivity contribution in [3.8, 4) is 0 Å². The van der Waals surface area contributed by atoms with Gasteiger partial charge in [0.2, 0.25) is 5.91 Å². The molecule has 2 saturated heterocycles. The maximum absolute atomic E-state index is 11.9. The van der Waals surface area contributed by atoms with E-state index in [1.54, 1.807) is 18.3 Å². The molecule has 3 heterocycles. The van der Waals surface area contributed by atoms with E-state index in [0.717, 1.165) is 50.8 Å². The van der Waals surface area contributed by atoms with Crippen molar-refractivity contribution in [2.24, 2.45) is 5.92 Å². The molecule has 0 saturated carbocycles. The van der Waals surface area contributed by atoms with E-state index < -0.39 is 0 Å². The summed E-state index contributed by atoms with van der Waals surface area (Å²) in [5.41, 5.74) is 0. The molecule has 1 aromatic rings. The molecule has 2 aliphatic heterocycles. The van der Waals surface area contributed by atoms with E-state index >= 15 is 0 Å². The molecule has 7 heteroatoms. The van der Waals surface area contributed by atoms with E-state index in [4.69, 9.17) is 4.74 Å². The molecule has 3 rings (SSSR count). The first-order valence-electron chi connectivity index (χ1n) is 8.22. The van der Waals surface area contributed by atoms with Crippen molar-refractivity contribution in [3.63, 3.8) is 0 Å². The monoisotopic (exact) mass is 319 g/mol. The maximum Gasteiger partial charge on any atom is 0.241 e. The molecule has 2 fully saturated rings. The highest BCUT2D eigenvalue weighted by atomic mass is 16.5. The van der Waals surface area contributed by atoms with Gasteiger partial charge in [-0.25, -0.2) is 9.97 Å². The van der Waals surface area contributed by atoms with Crippen molar-refractivity contribution >= 4 is 17.5 Å². The molecule has 2 aliphatic rings. The molecule has 0 spiro atoms. The lowest BCUT2D eigenvalue weighted by Gasteiger charge is -2.35. The number of nitrogens with zero attached hydrogens (tertiary/aromatic N) is 5. The van der Waals surface area contributed by atoms with Crippen LogP contribution in [0.5, 0.6) is 0 Å². The molecule has 0 radical (unpaired) electrons. The third kappa shape index (κ3) is 3.72. The number of piperidine rings is 1. The van der Waals surface area contributed by atoms with Gasteiger partial charge < -0.3 is 19.4 Å². The van der Waals surface area contributed by atoms with Crippen molar-refractivity contribution in [2.45, 2.75) is 12.8 Å². The second-order valence-corrected chi connectivity index (χ2v) is 6.38. The van der Waals surface area contributed by atoms with Gasteiger partial charge in [-0.15, -0.1) is 0 Å². The second kappa shape index (κ2) is 7.12. The summed E-state index contributed by atoms with van der Waals surface area (Å²) in [6.07, 6.45) is 3.96. The molecule has 0 aliphatic carbocycles. The smallest absolute Gasteiger partial charge is 0.241 e. The Morgan fingerprint density at radius 3 is 2.74 bits per heavy atom. The minimum atomic E-state index is 0.134.